The smallest absolute Gasteiger partial charge is 0.238 e. The summed E-state index contributed by atoms with van der Waals surface area (Å²) in [5, 5.41) is 11.1. The highest BCUT2D eigenvalue weighted by Crippen LogP contribution is 2.42. The Kier molecular flexibility index (Phi) is 4.71. The summed E-state index contributed by atoms with van der Waals surface area (Å²) in [4.78, 5) is 17.0. The lowest BCUT2D eigenvalue weighted by atomic mass is 9.96. The van der Waals surface area contributed by atoms with E-state index < -0.39 is 0 Å². The SMILES string of the molecule is Cc1ccc(NC(=O)CNC2(c3noc(C4CC4)n3)CCCC2)cc1Cl. The summed E-state index contributed by atoms with van der Waals surface area (Å²) in [5.74, 6) is 1.77. The minimum absolute atomic E-state index is 0.109. The highest BCUT2D eigenvalue weighted by Gasteiger charge is 2.41. The number of anilines is 1. The van der Waals surface area contributed by atoms with Gasteiger partial charge in [-0.15, -0.1) is 0 Å². The van der Waals surface area contributed by atoms with Crippen LogP contribution in [0.3, 0.4) is 0 Å². The fraction of sp³-hybridized carbons (Fsp3) is 0.526. The molecular weight excluding hydrogens is 352 g/mol. The monoisotopic (exact) mass is 374 g/mol. The van der Waals surface area contributed by atoms with E-state index in [4.69, 9.17) is 16.1 Å². The molecule has 4 rings (SSSR count). The molecule has 6 nitrogen and oxygen atoms in total. The molecule has 2 aliphatic rings. The van der Waals surface area contributed by atoms with Gasteiger partial charge < -0.3 is 9.84 Å². The van der Waals surface area contributed by atoms with Crippen molar-refractivity contribution in [2.45, 2.75) is 56.9 Å². The number of aryl methyl sites for hydroxylation is 1. The van der Waals surface area contributed by atoms with Gasteiger partial charge in [-0.25, -0.2) is 0 Å². The maximum absolute atomic E-state index is 12.4. The number of benzene rings is 1. The summed E-state index contributed by atoms with van der Waals surface area (Å²) >= 11 is 6.12. The lowest BCUT2D eigenvalue weighted by molar-refractivity contribution is -0.115. The second-order valence-electron chi connectivity index (χ2n) is 7.39. The zero-order valence-corrected chi connectivity index (χ0v) is 15.6. The van der Waals surface area contributed by atoms with Gasteiger partial charge in [-0.05, 0) is 50.3 Å². The summed E-state index contributed by atoms with van der Waals surface area (Å²) in [7, 11) is 0. The molecule has 2 aliphatic carbocycles. The first-order chi connectivity index (χ1) is 12.6. The van der Waals surface area contributed by atoms with E-state index in [0.717, 1.165) is 50.0 Å². The van der Waals surface area contributed by atoms with Crippen LogP contribution in [0.5, 0.6) is 0 Å². The molecule has 26 heavy (non-hydrogen) atoms. The van der Waals surface area contributed by atoms with Crippen molar-refractivity contribution in [1.29, 1.82) is 0 Å². The van der Waals surface area contributed by atoms with Gasteiger partial charge in [0.2, 0.25) is 11.8 Å². The number of carbonyl (C=O) groups excluding carboxylic acids is 1. The van der Waals surface area contributed by atoms with Crippen molar-refractivity contribution < 1.29 is 9.32 Å². The van der Waals surface area contributed by atoms with Crippen LogP contribution in [0.4, 0.5) is 5.69 Å². The molecule has 1 amide bonds. The predicted molar refractivity (Wildman–Crippen MR) is 99.2 cm³/mol. The van der Waals surface area contributed by atoms with Gasteiger partial charge in [0.1, 0.15) is 0 Å². The molecule has 0 unspecified atom stereocenters. The van der Waals surface area contributed by atoms with Crippen LogP contribution in [0.25, 0.3) is 0 Å². The van der Waals surface area contributed by atoms with Crippen LogP contribution in [-0.2, 0) is 10.3 Å². The molecule has 0 spiro atoms. The zero-order valence-electron chi connectivity index (χ0n) is 14.8. The Bertz CT molecular complexity index is 810. The largest absolute Gasteiger partial charge is 0.339 e. The highest BCUT2D eigenvalue weighted by atomic mass is 35.5. The molecule has 0 saturated heterocycles. The van der Waals surface area contributed by atoms with Crippen molar-refractivity contribution >= 4 is 23.2 Å². The molecule has 1 aromatic heterocycles. The highest BCUT2D eigenvalue weighted by molar-refractivity contribution is 6.31. The van der Waals surface area contributed by atoms with E-state index in [1.54, 1.807) is 6.07 Å². The van der Waals surface area contributed by atoms with Gasteiger partial charge in [-0.2, -0.15) is 4.98 Å². The standard InChI is InChI=1S/C19H23ClN4O2/c1-12-4-7-14(10-15(12)20)22-16(25)11-21-19(8-2-3-9-19)18-23-17(26-24-18)13-5-6-13/h4,7,10,13,21H,2-3,5-6,8-9,11H2,1H3,(H,22,25). The van der Waals surface area contributed by atoms with E-state index >= 15 is 0 Å². The lowest BCUT2D eigenvalue weighted by Gasteiger charge is -2.26. The maximum Gasteiger partial charge on any atom is 0.238 e. The number of nitrogens with zero attached hydrogens (tertiary/aromatic N) is 2. The van der Waals surface area contributed by atoms with Crippen LogP contribution in [0.15, 0.2) is 22.7 Å². The molecule has 0 atom stereocenters. The number of hydrogen-bond donors (Lipinski definition) is 2. The van der Waals surface area contributed by atoms with Crippen molar-refractivity contribution in [2.75, 3.05) is 11.9 Å². The fourth-order valence-corrected chi connectivity index (χ4v) is 3.69. The molecule has 1 aromatic carbocycles. The molecule has 2 N–H and O–H groups in total. The second kappa shape index (κ2) is 7.00. The van der Waals surface area contributed by atoms with Crippen LogP contribution >= 0.6 is 11.6 Å². The van der Waals surface area contributed by atoms with E-state index in [2.05, 4.69) is 20.8 Å². The molecule has 2 saturated carbocycles. The van der Waals surface area contributed by atoms with Crippen LogP contribution < -0.4 is 10.6 Å². The zero-order chi connectivity index (χ0) is 18.1. The summed E-state index contributed by atoms with van der Waals surface area (Å²) < 4.78 is 5.44. The minimum atomic E-state index is -0.362. The minimum Gasteiger partial charge on any atom is -0.339 e. The first kappa shape index (κ1) is 17.5. The number of rotatable bonds is 6. The number of amides is 1. The van der Waals surface area contributed by atoms with Gasteiger partial charge in [-0.3, -0.25) is 10.1 Å². The molecular formula is C19H23ClN4O2. The number of hydrogen-bond acceptors (Lipinski definition) is 5. The van der Waals surface area contributed by atoms with Crippen LogP contribution in [0.2, 0.25) is 5.02 Å². The van der Waals surface area contributed by atoms with Crippen molar-refractivity contribution in [3.63, 3.8) is 0 Å². The van der Waals surface area contributed by atoms with Crippen LogP contribution in [0.1, 0.15) is 61.7 Å². The number of nitrogens with one attached hydrogen (secondary N) is 2. The van der Waals surface area contributed by atoms with Gasteiger partial charge in [0, 0.05) is 16.6 Å². The topological polar surface area (TPSA) is 80.0 Å². The van der Waals surface area contributed by atoms with E-state index in [0.29, 0.717) is 22.5 Å². The average molecular weight is 375 g/mol. The normalized spacial score (nSPS) is 18.8. The Balaban J connectivity index is 1.41. The van der Waals surface area contributed by atoms with E-state index in [1.165, 1.54) is 0 Å². The van der Waals surface area contributed by atoms with Gasteiger partial charge in [0.15, 0.2) is 5.82 Å². The van der Waals surface area contributed by atoms with Crippen LogP contribution in [-0.4, -0.2) is 22.6 Å². The van der Waals surface area contributed by atoms with Gasteiger partial charge in [0.05, 0.1) is 12.1 Å². The fourth-order valence-electron chi connectivity index (χ4n) is 3.51. The third kappa shape index (κ3) is 3.62. The predicted octanol–water partition coefficient (Wildman–Crippen LogP) is 3.91. The molecule has 0 bridgehead atoms. The first-order valence-electron chi connectivity index (χ1n) is 9.21. The summed E-state index contributed by atoms with van der Waals surface area (Å²) in [6.07, 6.45) is 6.28. The van der Waals surface area contributed by atoms with Crippen molar-refractivity contribution in [2.24, 2.45) is 0 Å². The molecule has 0 radical (unpaired) electrons. The van der Waals surface area contributed by atoms with Gasteiger partial charge in [-0.1, -0.05) is 35.7 Å². The third-order valence-corrected chi connectivity index (χ3v) is 5.70. The maximum atomic E-state index is 12.4. The Morgan fingerprint density at radius 2 is 2.12 bits per heavy atom. The quantitative estimate of drug-likeness (QED) is 0.801. The van der Waals surface area contributed by atoms with E-state index in [1.807, 2.05) is 19.1 Å². The second-order valence-corrected chi connectivity index (χ2v) is 7.79. The van der Waals surface area contributed by atoms with Crippen molar-refractivity contribution in [3.05, 3.63) is 40.5 Å². The summed E-state index contributed by atoms with van der Waals surface area (Å²) in [6, 6.07) is 5.51. The molecule has 2 aromatic rings. The molecule has 138 valence electrons. The Hall–Kier alpha value is -1.92. The number of halogens is 1. The number of carbonyl (C=O) groups is 1. The summed E-state index contributed by atoms with van der Waals surface area (Å²) in [6.45, 7) is 2.12. The summed E-state index contributed by atoms with van der Waals surface area (Å²) in [5.41, 5.74) is 1.32. The van der Waals surface area contributed by atoms with Crippen LogP contribution in [0, 0.1) is 6.92 Å². The number of aromatic nitrogens is 2. The average Bonchev–Trinajstić information content (AvgIpc) is 3.16. The van der Waals surface area contributed by atoms with Crippen molar-refractivity contribution in [1.82, 2.24) is 15.5 Å². The van der Waals surface area contributed by atoms with E-state index in [-0.39, 0.29) is 18.0 Å². The van der Waals surface area contributed by atoms with Gasteiger partial charge in [0.25, 0.3) is 0 Å². The third-order valence-electron chi connectivity index (χ3n) is 5.30. The molecule has 0 aliphatic heterocycles. The Morgan fingerprint density at radius 3 is 2.81 bits per heavy atom. The Morgan fingerprint density at radius 1 is 1.35 bits per heavy atom. The lowest BCUT2D eigenvalue weighted by Crippen LogP contribution is -2.44. The molecule has 7 heteroatoms. The Labute approximate surface area is 157 Å². The van der Waals surface area contributed by atoms with Gasteiger partial charge >= 0.3 is 0 Å². The van der Waals surface area contributed by atoms with E-state index in [9.17, 15) is 4.79 Å². The first-order valence-corrected chi connectivity index (χ1v) is 9.59. The molecule has 2 fully saturated rings. The molecule has 1 heterocycles. The van der Waals surface area contributed by atoms with Crippen molar-refractivity contribution in [3.8, 4) is 0 Å².